The van der Waals surface area contributed by atoms with Gasteiger partial charge in [-0.25, -0.2) is 4.98 Å². The fourth-order valence-corrected chi connectivity index (χ4v) is 1.73. The summed E-state index contributed by atoms with van der Waals surface area (Å²) in [5.74, 6) is 0.105. The van der Waals surface area contributed by atoms with Crippen LogP contribution < -0.4 is 15.4 Å². The Hall–Kier alpha value is -2.11. The first-order valence-electron chi connectivity index (χ1n) is 5.25. The van der Waals surface area contributed by atoms with E-state index in [1.807, 2.05) is 6.07 Å². The second kappa shape index (κ2) is 4.82. The summed E-state index contributed by atoms with van der Waals surface area (Å²) in [4.78, 5) is 26.8. The topological polar surface area (TPSA) is 80.3 Å². The van der Waals surface area contributed by atoms with Crippen molar-refractivity contribution in [2.45, 2.75) is 12.5 Å². The lowest BCUT2D eigenvalue weighted by atomic mass is 10.1. The highest BCUT2D eigenvalue weighted by Gasteiger charge is 2.26. The minimum absolute atomic E-state index is 0.0412. The smallest absolute Gasteiger partial charge is 0.243 e. The zero-order valence-electron chi connectivity index (χ0n) is 9.40. The molecule has 0 spiro atoms. The summed E-state index contributed by atoms with van der Waals surface area (Å²) in [7, 11) is 1.52. The number of aromatic nitrogens is 1. The van der Waals surface area contributed by atoms with Crippen LogP contribution in [-0.4, -0.2) is 36.5 Å². The third kappa shape index (κ3) is 2.52. The third-order valence-electron chi connectivity index (χ3n) is 2.54. The van der Waals surface area contributed by atoms with E-state index in [1.54, 1.807) is 12.3 Å². The van der Waals surface area contributed by atoms with Crippen molar-refractivity contribution in [2.75, 3.05) is 13.7 Å². The zero-order valence-corrected chi connectivity index (χ0v) is 9.40. The molecule has 2 N–H and O–H groups in total. The molecule has 0 radical (unpaired) electrons. The lowest BCUT2D eigenvalue weighted by Gasteiger charge is -2.23. The van der Waals surface area contributed by atoms with Gasteiger partial charge >= 0.3 is 0 Å². The van der Waals surface area contributed by atoms with Crippen molar-refractivity contribution in [2.24, 2.45) is 0 Å². The fraction of sp³-hybridized carbons (Fsp3) is 0.364. The van der Waals surface area contributed by atoms with Gasteiger partial charge in [-0.05, 0) is 6.07 Å². The molecule has 0 aliphatic carbocycles. The van der Waals surface area contributed by atoms with Gasteiger partial charge in [-0.15, -0.1) is 0 Å². The van der Waals surface area contributed by atoms with Crippen molar-refractivity contribution < 1.29 is 14.3 Å². The van der Waals surface area contributed by atoms with Gasteiger partial charge in [0.15, 0.2) is 0 Å². The van der Waals surface area contributed by atoms with E-state index in [0.717, 1.165) is 5.56 Å². The largest absolute Gasteiger partial charge is 0.481 e. The Balaban J connectivity index is 2.14. The predicted octanol–water partition coefficient (Wildman–Crippen LogP) is -0.753. The average molecular weight is 235 g/mol. The van der Waals surface area contributed by atoms with Gasteiger partial charge in [0.1, 0.15) is 6.04 Å². The van der Waals surface area contributed by atoms with Gasteiger partial charge in [0.05, 0.1) is 13.7 Å². The molecule has 0 aromatic carbocycles. The summed E-state index contributed by atoms with van der Waals surface area (Å²) >= 11 is 0. The molecule has 1 aromatic heterocycles. The van der Waals surface area contributed by atoms with Crippen LogP contribution in [0.1, 0.15) is 5.56 Å². The molecule has 90 valence electrons. The molecule has 6 heteroatoms. The Morgan fingerprint density at radius 1 is 1.53 bits per heavy atom. The van der Waals surface area contributed by atoms with Gasteiger partial charge in [0, 0.05) is 18.2 Å². The van der Waals surface area contributed by atoms with Gasteiger partial charge in [-0.2, -0.15) is 0 Å². The van der Waals surface area contributed by atoms with Gasteiger partial charge in [0.2, 0.25) is 17.7 Å². The molecule has 2 amide bonds. The van der Waals surface area contributed by atoms with Crippen LogP contribution in [0.3, 0.4) is 0 Å². The number of carbonyl (C=O) groups excluding carboxylic acids is 2. The Labute approximate surface area is 98.4 Å². The van der Waals surface area contributed by atoms with E-state index in [1.165, 1.54) is 7.11 Å². The first-order chi connectivity index (χ1) is 8.20. The van der Waals surface area contributed by atoms with Crippen LogP contribution in [-0.2, 0) is 16.0 Å². The van der Waals surface area contributed by atoms with Crippen LogP contribution in [0, 0.1) is 0 Å². The Morgan fingerprint density at radius 3 is 3.12 bits per heavy atom. The molecule has 1 aliphatic rings. The minimum Gasteiger partial charge on any atom is -0.481 e. The number of methoxy groups -OCH3 is 1. The number of hydrogen-bond donors (Lipinski definition) is 2. The number of amides is 2. The van der Waals surface area contributed by atoms with E-state index in [2.05, 4.69) is 15.6 Å². The quantitative estimate of drug-likeness (QED) is 0.722. The molecule has 0 saturated carbocycles. The Kier molecular flexibility index (Phi) is 3.22. The number of hydrogen-bond acceptors (Lipinski definition) is 4. The number of carbonyl (C=O) groups is 2. The van der Waals surface area contributed by atoms with E-state index in [9.17, 15) is 9.59 Å². The molecular weight excluding hydrogens is 222 g/mol. The van der Waals surface area contributed by atoms with Gasteiger partial charge in [-0.3, -0.25) is 9.59 Å². The molecular formula is C11H13N3O3. The van der Waals surface area contributed by atoms with Crippen LogP contribution in [0.15, 0.2) is 18.3 Å². The van der Waals surface area contributed by atoms with Crippen LogP contribution in [0.5, 0.6) is 5.88 Å². The molecule has 1 saturated heterocycles. The van der Waals surface area contributed by atoms with E-state index < -0.39 is 6.04 Å². The highest BCUT2D eigenvalue weighted by Crippen LogP contribution is 2.16. The SMILES string of the molecule is COc1ncccc1CC1NC(=O)CNC1=O. The molecule has 1 aliphatic heterocycles. The van der Waals surface area contributed by atoms with Gasteiger partial charge in [0.25, 0.3) is 0 Å². The number of piperazine rings is 1. The number of rotatable bonds is 3. The van der Waals surface area contributed by atoms with Crippen molar-refractivity contribution in [3.63, 3.8) is 0 Å². The van der Waals surface area contributed by atoms with Gasteiger partial charge in [-0.1, -0.05) is 6.07 Å². The van der Waals surface area contributed by atoms with Crippen molar-refractivity contribution >= 4 is 11.8 Å². The van der Waals surface area contributed by atoms with Crippen molar-refractivity contribution in [3.8, 4) is 5.88 Å². The molecule has 1 aromatic rings. The molecule has 2 rings (SSSR count). The second-order valence-corrected chi connectivity index (χ2v) is 3.71. The first kappa shape index (κ1) is 11.4. The van der Waals surface area contributed by atoms with Crippen LogP contribution in [0.2, 0.25) is 0 Å². The summed E-state index contributed by atoms with van der Waals surface area (Å²) in [6, 6.07) is 3.02. The van der Waals surface area contributed by atoms with Crippen LogP contribution in [0.25, 0.3) is 0 Å². The van der Waals surface area contributed by atoms with Crippen molar-refractivity contribution in [3.05, 3.63) is 23.9 Å². The van der Waals surface area contributed by atoms with Gasteiger partial charge < -0.3 is 15.4 Å². The fourth-order valence-electron chi connectivity index (χ4n) is 1.73. The van der Waals surface area contributed by atoms with Crippen molar-refractivity contribution in [1.29, 1.82) is 0 Å². The summed E-state index contributed by atoms with van der Waals surface area (Å²) < 4.78 is 5.09. The Morgan fingerprint density at radius 2 is 2.35 bits per heavy atom. The van der Waals surface area contributed by atoms with Crippen LogP contribution >= 0.6 is 0 Å². The molecule has 1 unspecified atom stereocenters. The molecule has 2 heterocycles. The van der Waals surface area contributed by atoms with Crippen LogP contribution in [0.4, 0.5) is 0 Å². The summed E-state index contributed by atoms with van der Waals surface area (Å²) in [5, 5.41) is 5.16. The zero-order chi connectivity index (χ0) is 12.3. The maximum atomic E-state index is 11.6. The first-order valence-corrected chi connectivity index (χ1v) is 5.25. The normalized spacial score (nSPS) is 19.5. The average Bonchev–Trinajstić information content (AvgIpc) is 2.34. The highest BCUT2D eigenvalue weighted by molar-refractivity contribution is 5.94. The van der Waals surface area contributed by atoms with E-state index in [4.69, 9.17) is 4.74 Å². The summed E-state index contributed by atoms with van der Waals surface area (Å²) in [6.45, 7) is 0.0412. The monoisotopic (exact) mass is 235 g/mol. The number of ether oxygens (including phenoxy) is 1. The number of pyridine rings is 1. The molecule has 0 bridgehead atoms. The molecule has 1 fully saturated rings. The minimum atomic E-state index is -0.561. The predicted molar refractivity (Wildman–Crippen MR) is 59.4 cm³/mol. The number of nitrogens with zero attached hydrogens (tertiary/aromatic N) is 1. The Bertz CT molecular complexity index is 447. The van der Waals surface area contributed by atoms with Crippen molar-refractivity contribution in [1.82, 2.24) is 15.6 Å². The maximum Gasteiger partial charge on any atom is 0.243 e. The molecule has 17 heavy (non-hydrogen) atoms. The summed E-state index contributed by atoms with van der Waals surface area (Å²) in [5.41, 5.74) is 0.789. The summed E-state index contributed by atoms with van der Waals surface area (Å²) in [6.07, 6.45) is 1.98. The maximum absolute atomic E-state index is 11.6. The lowest BCUT2D eigenvalue weighted by molar-refractivity contribution is -0.133. The van der Waals surface area contributed by atoms with E-state index in [0.29, 0.717) is 12.3 Å². The highest BCUT2D eigenvalue weighted by atomic mass is 16.5. The van der Waals surface area contributed by atoms with E-state index in [-0.39, 0.29) is 18.4 Å². The standard InChI is InChI=1S/C11H13N3O3/c1-17-11-7(3-2-4-12-11)5-8-10(16)13-6-9(15)14-8/h2-4,8H,5-6H2,1H3,(H,13,16)(H,14,15). The molecule has 6 nitrogen and oxygen atoms in total. The lowest BCUT2D eigenvalue weighted by Crippen LogP contribution is -2.56. The second-order valence-electron chi connectivity index (χ2n) is 3.71. The van der Waals surface area contributed by atoms with E-state index >= 15 is 0 Å². The number of nitrogens with one attached hydrogen (secondary N) is 2. The third-order valence-corrected chi connectivity index (χ3v) is 2.54. The molecule has 1 atom stereocenters.